The molecule has 178 valence electrons. The molecule has 0 saturated carbocycles. The van der Waals surface area contributed by atoms with Gasteiger partial charge in [0.05, 0.1) is 11.6 Å². The number of barbiturate groups is 1. The third-order valence-corrected chi connectivity index (χ3v) is 7.52. The molecule has 0 radical (unpaired) electrons. The Hall–Kier alpha value is -4.01. The third-order valence-electron chi connectivity index (χ3n) is 7.52. The number of nitrogens with zero attached hydrogens (tertiary/aromatic N) is 4. The molecule has 1 spiro atoms. The van der Waals surface area contributed by atoms with Crippen LogP contribution in [0.5, 0.6) is 0 Å². The maximum atomic E-state index is 14.2. The zero-order valence-corrected chi connectivity index (χ0v) is 19.4. The van der Waals surface area contributed by atoms with E-state index in [4.69, 9.17) is 4.98 Å². The fourth-order valence-electron chi connectivity index (χ4n) is 5.83. The number of hydrogen-bond acceptors (Lipinski definition) is 6. The number of aromatic nitrogens is 2. The Labute approximate surface area is 201 Å². The highest BCUT2D eigenvalue weighted by Gasteiger charge is 2.64. The van der Waals surface area contributed by atoms with Crippen molar-refractivity contribution in [2.75, 3.05) is 18.0 Å². The SMILES string of the molecule is CCCCN1C(=O)NC(=O)[C@]2(Cc3c(nc4ccccn4c3=O)N3CCc4ccccc4[C@H]32)C1=O. The Bertz CT molecular complexity index is 1460. The van der Waals surface area contributed by atoms with Gasteiger partial charge in [-0.1, -0.05) is 43.7 Å². The van der Waals surface area contributed by atoms with Crippen molar-refractivity contribution in [1.29, 1.82) is 0 Å². The molecule has 4 amide bonds. The zero-order valence-electron chi connectivity index (χ0n) is 19.4. The predicted octanol–water partition coefficient (Wildman–Crippen LogP) is 2.22. The summed E-state index contributed by atoms with van der Waals surface area (Å²) in [6.07, 6.45) is 3.61. The molecule has 3 aromatic rings. The molecule has 1 fully saturated rings. The summed E-state index contributed by atoms with van der Waals surface area (Å²) in [4.78, 5) is 62.1. The molecule has 0 bridgehead atoms. The lowest BCUT2D eigenvalue weighted by molar-refractivity contribution is -0.154. The Morgan fingerprint density at radius 1 is 1.09 bits per heavy atom. The summed E-state index contributed by atoms with van der Waals surface area (Å²) in [7, 11) is 0. The number of carbonyl (C=O) groups excluding carboxylic acids is 3. The van der Waals surface area contributed by atoms with Gasteiger partial charge in [-0.3, -0.25) is 29.0 Å². The lowest BCUT2D eigenvalue weighted by Crippen LogP contribution is -2.70. The quantitative estimate of drug-likeness (QED) is 0.588. The van der Waals surface area contributed by atoms with Crippen LogP contribution in [0.1, 0.15) is 42.5 Å². The molecule has 1 aromatic carbocycles. The lowest BCUT2D eigenvalue weighted by atomic mass is 9.65. The van der Waals surface area contributed by atoms with Crippen LogP contribution in [-0.2, 0) is 22.4 Å². The Balaban J connectivity index is 1.63. The molecule has 3 aliphatic rings. The van der Waals surface area contributed by atoms with E-state index in [0.29, 0.717) is 36.4 Å². The summed E-state index contributed by atoms with van der Waals surface area (Å²) >= 11 is 0. The number of nitrogens with one attached hydrogen (secondary N) is 1. The van der Waals surface area contributed by atoms with Crippen molar-refractivity contribution >= 4 is 29.3 Å². The van der Waals surface area contributed by atoms with Gasteiger partial charge in [0.25, 0.3) is 5.56 Å². The second kappa shape index (κ2) is 7.76. The van der Waals surface area contributed by atoms with Gasteiger partial charge in [-0.25, -0.2) is 9.78 Å². The van der Waals surface area contributed by atoms with Crippen molar-refractivity contribution in [3.8, 4) is 0 Å². The van der Waals surface area contributed by atoms with Gasteiger partial charge in [0.15, 0.2) is 5.41 Å². The van der Waals surface area contributed by atoms with E-state index in [-0.39, 0.29) is 18.5 Å². The number of anilines is 1. The summed E-state index contributed by atoms with van der Waals surface area (Å²) in [5, 5.41) is 2.45. The van der Waals surface area contributed by atoms with Crippen molar-refractivity contribution in [3.63, 3.8) is 0 Å². The number of rotatable bonds is 3. The molecule has 0 unspecified atom stereocenters. The van der Waals surface area contributed by atoms with Crippen LogP contribution >= 0.6 is 0 Å². The standard InChI is InChI=1S/C26H25N5O4/c1-2-3-12-31-24(34)26(23(33)28-25(31)35)15-18-21(27-19-10-6-7-13-29(19)22(18)32)30-14-11-16-8-4-5-9-17(16)20(26)30/h4-10,13,20H,2-3,11-12,14-15H2,1H3,(H,28,33,35)/t20-,26+/m0/s1. The first kappa shape index (κ1) is 21.5. The Morgan fingerprint density at radius 3 is 2.71 bits per heavy atom. The van der Waals surface area contributed by atoms with Crippen LogP contribution in [0.15, 0.2) is 53.5 Å². The molecular formula is C26H25N5O4. The highest BCUT2D eigenvalue weighted by molar-refractivity contribution is 6.20. The number of unbranched alkanes of at least 4 members (excludes halogenated alkanes) is 1. The molecule has 1 N–H and O–H groups in total. The summed E-state index contributed by atoms with van der Waals surface area (Å²) < 4.78 is 1.44. The molecule has 2 atom stereocenters. The second-order valence-corrected chi connectivity index (χ2v) is 9.41. The molecule has 6 rings (SSSR count). The van der Waals surface area contributed by atoms with Crippen molar-refractivity contribution in [2.24, 2.45) is 5.41 Å². The first-order valence-electron chi connectivity index (χ1n) is 12.0. The number of fused-ring (bicyclic) bond motifs is 7. The molecule has 35 heavy (non-hydrogen) atoms. The molecular weight excluding hydrogens is 446 g/mol. The summed E-state index contributed by atoms with van der Waals surface area (Å²) in [5.41, 5.74) is 0.760. The molecule has 0 aliphatic carbocycles. The van der Waals surface area contributed by atoms with Crippen LogP contribution in [0, 0.1) is 5.41 Å². The van der Waals surface area contributed by atoms with Crippen LogP contribution in [0.4, 0.5) is 10.6 Å². The van der Waals surface area contributed by atoms with Gasteiger partial charge < -0.3 is 4.90 Å². The van der Waals surface area contributed by atoms with Gasteiger partial charge in [-0.15, -0.1) is 0 Å². The lowest BCUT2D eigenvalue weighted by Gasteiger charge is -2.53. The molecule has 5 heterocycles. The van der Waals surface area contributed by atoms with E-state index in [1.807, 2.05) is 42.2 Å². The Kier molecular flexibility index (Phi) is 4.77. The van der Waals surface area contributed by atoms with Gasteiger partial charge in [0.1, 0.15) is 11.5 Å². The fraction of sp³-hybridized carbons (Fsp3) is 0.346. The molecule has 3 aliphatic heterocycles. The first-order valence-corrected chi connectivity index (χ1v) is 12.0. The third kappa shape index (κ3) is 2.90. The topological polar surface area (TPSA) is 104 Å². The highest BCUT2D eigenvalue weighted by atomic mass is 16.2. The minimum Gasteiger partial charge on any atom is -0.347 e. The van der Waals surface area contributed by atoms with Crippen LogP contribution in [-0.4, -0.2) is 45.2 Å². The van der Waals surface area contributed by atoms with E-state index in [1.165, 1.54) is 4.40 Å². The van der Waals surface area contributed by atoms with Gasteiger partial charge >= 0.3 is 6.03 Å². The van der Waals surface area contributed by atoms with Crippen molar-refractivity contribution in [2.45, 2.75) is 38.6 Å². The molecule has 9 nitrogen and oxygen atoms in total. The monoisotopic (exact) mass is 471 g/mol. The number of hydrogen-bond donors (Lipinski definition) is 1. The fourth-order valence-corrected chi connectivity index (χ4v) is 5.83. The number of carbonyl (C=O) groups is 3. The number of imide groups is 2. The minimum absolute atomic E-state index is 0.123. The van der Waals surface area contributed by atoms with E-state index in [2.05, 4.69) is 5.32 Å². The summed E-state index contributed by atoms with van der Waals surface area (Å²) in [6.45, 7) is 2.68. The maximum Gasteiger partial charge on any atom is 0.330 e. The molecule has 2 aromatic heterocycles. The van der Waals surface area contributed by atoms with E-state index < -0.39 is 29.3 Å². The average Bonchev–Trinajstić information content (AvgIpc) is 2.87. The van der Waals surface area contributed by atoms with E-state index in [1.54, 1.807) is 18.3 Å². The van der Waals surface area contributed by atoms with E-state index in [0.717, 1.165) is 22.4 Å². The number of amides is 4. The van der Waals surface area contributed by atoms with E-state index in [9.17, 15) is 19.2 Å². The number of benzene rings is 1. The van der Waals surface area contributed by atoms with Crippen LogP contribution in [0.3, 0.4) is 0 Å². The van der Waals surface area contributed by atoms with Gasteiger partial charge in [-0.2, -0.15) is 0 Å². The number of pyridine rings is 1. The number of urea groups is 1. The van der Waals surface area contributed by atoms with Gasteiger partial charge in [0.2, 0.25) is 11.8 Å². The normalized spacial score (nSPS) is 23.2. The average molecular weight is 472 g/mol. The minimum atomic E-state index is -1.66. The van der Waals surface area contributed by atoms with Crippen molar-refractivity contribution < 1.29 is 14.4 Å². The largest absolute Gasteiger partial charge is 0.347 e. The summed E-state index contributed by atoms with van der Waals surface area (Å²) in [5.74, 6) is -0.700. The van der Waals surface area contributed by atoms with Gasteiger partial charge in [-0.05, 0) is 36.1 Å². The second-order valence-electron chi connectivity index (χ2n) is 9.41. The summed E-state index contributed by atoms with van der Waals surface area (Å²) in [6, 6.07) is 11.7. The first-order chi connectivity index (χ1) is 17.0. The molecule has 1 saturated heterocycles. The van der Waals surface area contributed by atoms with E-state index >= 15 is 0 Å². The van der Waals surface area contributed by atoms with Gasteiger partial charge in [0, 0.05) is 25.7 Å². The zero-order chi connectivity index (χ0) is 24.3. The van der Waals surface area contributed by atoms with Crippen molar-refractivity contribution in [1.82, 2.24) is 19.6 Å². The maximum absolute atomic E-state index is 14.2. The van der Waals surface area contributed by atoms with Crippen molar-refractivity contribution in [3.05, 3.63) is 75.7 Å². The predicted molar refractivity (Wildman–Crippen MR) is 128 cm³/mol. The highest BCUT2D eigenvalue weighted by Crippen LogP contribution is 2.52. The van der Waals surface area contributed by atoms with Crippen LogP contribution in [0.25, 0.3) is 5.65 Å². The Morgan fingerprint density at radius 2 is 1.89 bits per heavy atom. The molecule has 9 heteroatoms. The van der Waals surface area contributed by atoms with Crippen LogP contribution < -0.4 is 15.8 Å². The smallest absolute Gasteiger partial charge is 0.330 e. The van der Waals surface area contributed by atoms with Crippen LogP contribution in [0.2, 0.25) is 0 Å².